The van der Waals surface area contributed by atoms with Crippen LogP contribution in [0.15, 0.2) is 47.2 Å². The Morgan fingerprint density at radius 1 is 1.19 bits per heavy atom. The summed E-state index contributed by atoms with van der Waals surface area (Å²) in [5.41, 5.74) is 6.79. The number of rotatable bonds is 6. The van der Waals surface area contributed by atoms with Gasteiger partial charge in [0, 0.05) is 5.69 Å². The zero-order valence-corrected chi connectivity index (χ0v) is 15.4. The maximum Gasteiger partial charge on any atom is 0.310 e. The summed E-state index contributed by atoms with van der Waals surface area (Å²) in [6, 6.07) is 10.3. The molecule has 3 aromatic rings. The van der Waals surface area contributed by atoms with Gasteiger partial charge in [-0.2, -0.15) is 0 Å². The summed E-state index contributed by atoms with van der Waals surface area (Å²) in [6.45, 7) is 2.23. The molecule has 0 fully saturated rings. The molecule has 5 heteroatoms. The van der Waals surface area contributed by atoms with Crippen LogP contribution in [0, 0.1) is 0 Å². The van der Waals surface area contributed by atoms with E-state index < -0.39 is 0 Å². The van der Waals surface area contributed by atoms with E-state index in [9.17, 15) is 4.79 Å². The Morgan fingerprint density at radius 2 is 2.00 bits per heavy atom. The molecule has 2 aromatic heterocycles. The third-order valence-electron chi connectivity index (χ3n) is 4.87. The number of esters is 1. The molecule has 0 unspecified atom stereocenters. The van der Waals surface area contributed by atoms with E-state index in [2.05, 4.69) is 23.2 Å². The Balaban J connectivity index is 1.56. The smallest absolute Gasteiger partial charge is 0.310 e. The van der Waals surface area contributed by atoms with E-state index in [-0.39, 0.29) is 5.97 Å². The quantitative estimate of drug-likeness (QED) is 0.622. The van der Waals surface area contributed by atoms with Crippen molar-refractivity contribution in [1.82, 2.24) is 9.97 Å². The summed E-state index contributed by atoms with van der Waals surface area (Å²) in [5, 5.41) is 0. The highest BCUT2D eigenvalue weighted by Crippen LogP contribution is 2.29. The second kappa shape index (κ2) is 7.74. The van der Waals surface area contributed by atoms with Gasteiger partial charge in [-0.1, -0.05) is 24.3 Å². The van der Waals surface area contributed by atoms with Crippen LogP contribution in [0.5, 0.6) is 0 Å². The average Bonchev–Trinajstić information content (AvgIpc) is 3.35. The monoisotopic (exact) mass is 362 g/mol. The Bertz CT molecular complexity index is 931. The molecule has 0 aliphatic heterocycles. The number of carbonyl (C=O) groups is 1. The normalized spacial score (nSPS) is 12.8. The molecule has 4 rings (SSSR count). The number of aromatic nitrogens is 2. The van der Waals surface area contributed by atoms with Gasteiger partial charge in [-0.15, -0.1) is 0 Å². The fourth-order valence-electron chi connectivity index (χ4n) is 3.62. The fourth-order valence-corrected chi connectivity index (χ4v) is 3.62. The highest BCUT2D eigenvalue weighted by Gasteiger charge is 2.20. The molecule has 0 saturated carbocycles. The Kier molecular flexibility index (Phi) is 5.01. The number of carbonyl (C=O) groups excluding carboxylic acids is 1. The van der Waals surface area contributed by atoms with Crippen LogP contribution in [0.4, 0.5) is 0 Å². The SMILES string of the molecule is CCOC(=O)Cc1ccc(Cc2cc(-c3ncco3)nc3c2CCC3)cc1. The number of hydrogen-bond donors (Lipinski definition) is 0. The van der Waals surface area contributed by atoms with Crippen LogP contribution in [0.3, 0.4) is 0 Å². The van der Waals surface area contributed by atoms with E-state index in [1.807, 2.05) is 19.1 Å². The van der Waals surface area contributed by atoms with Crippen LogP contribution in [0.1, 0.15) is 41.3 Å². The number of hydrogen-bond acceptors (Lipinski definition) is 5. The number of benzene rings is 1. The van der Waals surface area contributed by atoms with Gasteiger partial charge in [0.1, 0.15) is 12.0 Å². The van der Waals surface area contributed by atoms with Gasteiger partial charge in [0.05, 0.1) is 19.2 Å². The highest BCUT2D eigenvalue weighted by atomic mass is 16.5. The molecule has 0 radical (unpaired) electrons. The first-order valence-electron chi connectivity index (χ1n) is 9.38. The van der Waals surface area contributed by atoms with Crippen LogP contribution < -0.4 is 0 Å². The third kappa shape index (κ3) is 3.92. The minimum Gasteiger partial charge on any atom is -0.466 e. The van der Waals surface area contributed by atoms with E-state index in [0.29, 0.717) is 18.9 Å². The molecule has 0 bridgehead atoms. The second-order valence-electron chi connectivity index (χ2n) is 6.76. The lowest BCUT2D eigenvalue weighted by atomic mass is 9.97. The van der Waals surface area contributed by atoms with E-state index >= 15 is 0 Å². The van der Waals surface area contributed by atoms with Crippen LogP contribution >= 0.6 is 0 Å². The summed E-state index contributed by atoms with van der Waals surface area (Å²) in [7, 11) is 0. The minimum absolute atomic E-state index is 0.187. The Morgan fingerprint density at radius 3 is 2.74 bits per heavy atom. The number of aryl methyl sites for hydroxylation is 1. The zero-order chi connectivity index (χ0) is 18.6. The van der Waals surface area contributed by atoms with Crippen molar-refractivity contribution in [1.29, 1.82) is 0 Å². The van der Waals surface area contributed by atoms with Gasteiger partial charge in [0.15, 0.2) is 0 Å². The van der Waals surface area contributed by atoms with Crippen molar-refractivity contribution in [3.63, 3.8) is 0 Å². The molecule has 0 amide bonds. The maximum absolute atomic E-state index is 11.6. The van der Waals surface area contributed by atoms with Gasteiger partial charge in [-0.05, 0) is 60.9 Å². The van der Waals surface area contributed by atoms with Gasteiger partial charge >= 0.3 is 5.97 Å². The molecule has 0 N–H and O–H groups in total. The average molecular weight is 362 g/mol. The molecule has 1 aromatic carbocycles. The first-order valence-corrected chi connectivity index (χ1v) is 9.38. The molecule has 138 valence electrons. The standard InChI is InChI=1S/C22H22N2O3/c1-2-26-21(25)13-16-8-6-15(7-9-16)12-17-14-20(22-23-10-11-27-22)24-19-5-3-4-18(17)19/h6-11,14H,2-5,12-13H2,1H3. The van der Waals surface area contributed by atoms with Crippen molar-refractivity contribution in [2.45, 2.75) is 39.0 Å². The summed E-state index contributed by atoms with van der Waals surface area (Å²) in [4.78, 5) is 20.6. The van der Waals surface area contributed by atoms with Gasteiger partial charge in [-0.25, -0.2) is 9.97 Å². The van der Waals surface area contributed by atoms with Gasteiger partial charge in [0.2, 0.25) is 5.89 Å². The number of pyridine rings is 1. The summed E-state index contributed by atoms with van der Waals surface area (Å²) >= 11 is 0. The van der Waals surface area contributed by atoms with Crippen molar-refractivity contribution >= 4 is 5.97 Å². The summed E-state index contributed by atoms with van der Waals surface area (Å²) < 4.78 is 10.4. The van der Waals surface area contributed by atoms with Crippen molar-refractivity contribution in [3.05, 3.63) is 70.7 Å². The second-order valence-corrected chi connectivity index (χ2v) is 6.76. The minimum atomic E-state index is -0.187. The largest absolute Gasteiger partial charge is 0.466 e. The van der Waals surface area contributed by atoms with Gasteiger partial charge < -0.3 is 9.15 Å². The van der Waals surface area contributed by atoms with Crippen LogP contribution in [-0.2, 0) is 35.2 Å². The molecule has 0 saturated heterocycles. The molecule has 5 nitrogen and oxygen atoms in total. The van der Waals surface area contributed by atoms with Crippen molar-refractivity contribution < 1.29 is 13.9 Å². The number of fused-ring (bicyclic) bond motifs is 1. The molecule has 0 atom stereocenters. The maximum atomic E-state index is 11.6. The molecule has 1 aliphatic rings. The highest BCUT2D eigenvalue weighted by molar-refractivity contribution is 5.72. The first-order chi connectivity index (χ1) is 13.2. The molecule has 0 spiro atoms. The van der Waals surface area contributed by atoms with Crippen molar-refractivity contribution in [2.24, 2.45) is 0 Å². The van der Waals surface area contributed by atoms with Gasteiger partial charge in [0.25, 0.3) is 0 Å². The molecule has 2 heterocycles. The van der Waals surface area contributed by atoms with Crippen LogP contribution in [0.2, 0.25) is 0 Å². The third-order valence-corrected chi connectivity index (χ3v) is 4.87. The Labute approximate surface area is 158 Å². The predicted octanol–water partition coefficient (Wildman–Crippen LogP) is 3.92. The molecule has 1 aliphatic carbocycles. The van der Waals surface area contributed by atoms with E-state index in [0.717, 1.165) is 36.9 Å². The van der Waals surface area contributed by atoms with E-state index in [4.69, 9.17) is 14.1 Å². The topological polar surface area (TPSA) is 65.2 Å². The van der Waals surface area contributed by atoms with E-state index in [1.165, 1.54) is 22.4 Å². The van der Waals surface area contributed by atoms with Crippen molar-refractivity contribution in [2.75, 3.05) is 6.61 Å². The number of nitrogens with zero attached hydrogens (tertiary/aromatic N) is 2. The predicted molar refractivity (Wildman–Crippen MR) is 101 cm³/mol. The first kappa shape index (κ1) is 17.5. The van der Waals surface area contributed by atoms with Crippen LogP contribution in [-0.4, -0.2) is 22.5 Å². The van der Waals surface area contributed by atoms with E-state index in [1.54, 1.807) is 12.5 Å². The number of ether oxygens (including phenoxy) is 1. The lowest BCUT2D eigenvalue weighted by Gasteiger charge is -2.11. The lowest BCUT2D eigenvalue weighted by Crippen LogP contribution is -2.07. The zero-order valence-electron chi connectivity index (χ0n) is 15.4. The fraction of sp³-hybridized carbons (Fsp3) is 0.318. The van der Waals surface area contributed by atoms with Crippen LogP contribution in [0.25, 0.3) is 11.6 Å². The molecular weight excluding hydrogens is 340 g/mol. The summed E-state index contributed by atoms with van der Waals surface area (Å²) in [5.74, 6) is 0.378. The van der Waals surface area contributed by atoms with Gasteiger partial charge in [-0.3, -0.25) is 4.79 Å². The number of oxazole rings is 1. The lowest BCUT2D eigenvalue weighted by molar-refractivity contribution is -0.142. The molecular formula is C22H22N2O3. The molecule has 27 heavy (non-hydrogen) atoms. The van der Waals surface area contributed by atoms with Crippen molar-refractivity contribution in [3.8, 4) is 11.6 Å². The Hall–Kier alpha value is -2.95. The summed E-state index contributed by atoms with van der Waals surface area (Å²) in [6.07, 6.45) is 7.59.